The van der Waals surface area contributed by atoms with Gasteiger partial charge in [-0.3, -0.25) is 19.9 Å². The molecule has 1 saturated heterocycles. The first-order valence-corrected chi connectivity index (χ1v) is 9.19. The molecule has 28 heavy (non-hydrogen) atoms. The zero-order chi connectivity index (χ0) is 19.4. The van der Waals surface area contributed by atoms with E-state index in [9.17, 15) is 9.59 Å². The zero-order valence-electron chi connectivity index (χ0n) is 14.9. The van der Waals surface area contributed by atoms with E-state index in [2.05, 4.69) is 5.32 Å². The third kappa shape index (κ3) is 2.40. The smallest absolute Gasteiger partial charge is 0.303 e. The van der Waals surface area contributed by atoms with E-state index in [1.165, 1.54) is 4.90 Å². The van der Waals surface area contributed by atoms with E-state index < -0.39 is 18.2 Å². The van der Waals surface area contributed by atoms with Crippen LogP contribution < -0.4 is 10.2 Å². The predicted octanol–water partition coefficient (Wildman–Crippen LogP) is 2.71. The maximum Gasteiger partial charge on any atom is 0.325 e. The Bertz CT molecular complexity index is 1030. The van der Waals surface area contributed by atoms with Gasteiger partial charge in [-0.25, -0.2) is 9.79 Å². The highest BCUT2D eigenvalue weighted by Gasteiger charge is 2.52. The van der Waals surface area contributed by atoms with Gasteiger partial charge in [0.25, 0.3) is 5.91 Å². The van der Waals surface area contributed by atoms with Crippen LogP contribution in [0.3, 0.4) is 0 Å². The summed E-state index contributed by atoms with van der Waals surface area (Å²) in [6.45, 7) is 0. The van der Waals surface area contributed by atoms with Gasteiger partial charge in [-0.2, -0.15) is 0 Å². The minimum absolute atomic E-state index is 0.353. The second-order valence-corrected chi connectivity index (χ2v) is 7.23. The van der Waals surface area contributed by atoms with Gasteiger partial charge in [0.05, 0.1) is 5.70 Å². The number of hydrogen-bond donors (Lipinski definition) is 1. The molecule has 0 saturated carbocycles. The summed E-state index contributed by atoms with van der Waals surface area (Å²) in [4.78, 5) is 34.6. The summed E-state index contributed by atoms with van der Waals surface area (Å²) >= 11 is 6.05. The lowest BCUT2D eigenvalue weighted by molar-refractivity contribution is -0.126. The van der Waals surface area contributed by atoms with Crippen LogP contribution in [0.1, 0.15) is 5.56 Å². The number of carbonyl (C=O) groups excluding carboxylic acids is 2. The van der Waals surface area contributed by atoms with Crippen LogP contribution in [-0.2, 0) is 4.79 Å². The molecular formula is C20H16ClN5O2. The SMILES string of the molecule is CN1C(=O)NC(=O)C2C1N=C1N(c3ccccc3)C(c3ccc(Cl)cc3)=CN12. The first-order chi connectivity index (χ1) is 13.5. The van der Waals surface area contributed by atoms with Crippen LogP contribution in [0.15, 0.2) is 65.8 Å². The number of urea groups is 1. The molecule has 1 fully saturated rings. The topological polar surface area (TPSA) is 68.2 Å². The quantitative estimate of drug-likeness (QED) is 0.851. The Hall–Kier alpha value is -3.32. The zero-order valence-corrected chi connectivity index (χ0v) is 15.7. The third-order valence-electron chi connectivity index (χ3n) is 5.13. The lowest BCUT2D eigenvalue weighted by atomic mass is 10.1. The highest BCUT2D eigenvalue weighted by molar-refractivity contribution is 6.30. The molecule has 0 aliphatic carbocycles. The van der Waals surface area contributed by atoms with Gasteiger partial charge in [0, 0.05) is 29.5 Å². The molecule has 140 valence electrons. The highest BCUT2D eigenvalue weighted by atomic mass is 35.5. The minimum atomic E-state index is -0.603. The van der Waals surface area contributed by atoms with Crippen LogP contribution in [0.5, 0.6) is 0 Å². The second-order valence-electron chi connectivity index (χ2n) is 6.79. The van der Waals surface area contributed by atoms with Crippen molar-refractivity contribution in [3.05, 3.63) is 71.4 Å². The van der Waals surface area contributed by atoms with E-state index in [1.807, 2.05) is 70.6 Å². The third-order valence-corrected chi connectivity index (χ3v) is 5.39. The number of anilines is 1. The van der Waals surface area contributed by atoms with Gasteiger partial charge >= 0.3 is 6.03 Å². The molecule has 2 aromatic rings. The number of para-hydroxylation sites is 1. The van der Waals surface area contributed by atoms with E-state index in [0.717, 1.165) is 16.9 Å². The monoisotopic (exact) mass is 393 g/mol. The second kappa shape index (κ2) is 6.10. The molecule has 3 aliphatic heterocycles. The number of aliphatic imine (C=N–C) groups is 1. The van der Waals surface area contributed by atoms with Gasteiger partial charge in [-0.1, -0.05) is 41.9 Å². The summed E-state index contributed by atoms with van der Waals surface area (Å²) in [5.74, 6) is 0.260. The molecule has 2 unspecified atom stereocenters. The van der Waals surface area contributed by atoms with Crippen LogP contribution in [0.25, 0.3) is 5.70 Å². The minimum Gasteiger partial charge on any atom is -0.303 e. The van der Waals surface area contributed by atoms with Gasteiger partial charge < -0.3 is 4.90 Å². The van der Waals surface area contributed by atoms with Crippen LogP contribution in [0, 0.1) is 0 Å². The molecule has 3 amide bonds. The number of likely N-dealkylation sites (N-methyl/N-ethyl adjacent to an activating group) is 1. The van der Waals surface area contributed by atoms with E-state index in [1.54, 1.807) is 7.05 Å². The fourth-order valence-corrected chi connectivity index (χ4v) is 3.86. The van der Waals surface area contributed by atoms with Crippen molar-refractivity contribution in [2.24, 2.45) is 4.99 Å². The number of rotatable bonds is 2. The number of guanidine groups is 1. The summed E-state index contributed by atoms with van der Waals surface area (Å²) in [5.41, 5.74) is 2.74. The van der Waals surface area contributed by atoms with Crippen molar-refractivity contribution in [3.63, 3.8) is 0 Å². The Labute approximate surface area is 166 Å². The molecule has 0 aromatic heterocycles. The Kier molecular flexibility index (Phi) is 3.67. The molecule has 1 N–H and O–H groups in total. The molecule has 2 atom stereocenters. The summed E-state index contributed by atoms with van der Waals surface area (Å²) in [6.07, 6.45) is 1.34. The average molecular weight is 394 g/mol. The lowest BCUT2D eigenvalue weighted by Crippen LogP contribution is -2.62. The molecule has 5 rings (SSSR count). The van der Waals surface area contributed by atoms with Crippen molar-refractivity contribution in [1.82, 2.24) is 15.1 Å². The fourth-order valence-electron chi connectivity index (χ4n) is 3.74. The van der Waals surface area contributed by atoms with Gasteiger partial charge in [0.1, 0.15) is 0 Å². The van der Waals surface area contributed by atoms with E-state index in [0.29, 0.717) is 11.0 Å². The van der Waals surface area contributed by atoms with Crippen molar-refractivity contribution in [2.45, 2.75) is 12.2 Å². The number of carbonyl (C=O) groups is 2. The van der Waals surface area contributed by atoms with Crippen LogP contribution >= 0.6 is 11.6 Å². The predicted molar refractivity (Wildman–Crippen MR) is 107 cm³/mol. The Balaban J connectivity index is 1.64. The van der Waals surface area contributed by atoms with Crippen LogP contribution in [0.4, 0.5) is 10.5 Å². The fraction of sp³-hybridized carbons (Fsp3) is 0.150. The molecule has 0 radical (unpaired) electrons. The summed E-state index contributed by atoms with van der Waals surface area (Å²) < 4.78 is 0. The molecule has 8 heteroatoms. The Morgan fingerprint density at radius 3 is 2.46 bits per heavy atom. The molecule has 3 heterocycles. The van der Waals surface area contributed by atoms with E-state index in [4.69, 9.17) is 16.6 Å². The maximum atomic E-state index is 12.6. The van der Waals surface area contributed by atoms with Gasteiger partial charge in [-0.15, -0.1) is 0 Å². The molecule has 2 aromatic carbocycles. The number of amides is 3. The Morgan fingerprint density at radius 2 is 1.75 bits per heavy atom. The van der Waals surface area contributed by atoms with Crippen molar-refractivity contribution < 1.29 is 9.59 Å². The maximum absolute atomic E-state index is 12.6. The summed E-state index contributed by atoms with van der Waals surface area (Å²) in [5, 5.41) is 3.05. The molecule has 7 nitrogen and oxygen atoms in total. The normalized spacial score (nSPS) is 23.3. The number of benzene rings is 2. The number of imide groups is 1. The summed E-state index contributed by atoms with van der Waals surface area (Å²) in [7, 11) is 1.64. The van der Waals surface area contributed by atoms with Crippen molar-refractivity contribution >= 4 is 40.9 Å². The van der Waals surface area contributed by atoms with Gasteiger partial charge in [-0.05, 0) is 24.3 Å². The first kappa shape index (κ1) is 16.8. The Morgan fingerprint density at radius 1 is 1.04 bits per heavy atom. The number of halogens is 1. The largest absolute Gasteiger partial charge is 0.325 e. The number of hydrogen-bond acceptors (Lipinski definition) is 5. The highest BCUT2D eigenvalue weighted by Crippen LogP contribution is 2.39. The van der Waals surface area contributed by atoms with Crippen LogP contribution in [0.2, 0.25) is 5.02 Å². The van der Waals surface area contributed by atoms with Gasteiger partial charge in [0.2, 0.25) is 5.96 Å². The van der Waals surface area contributed by atoms with E-state index >= 15 is 0 Å². The van der Waals surface area contributed by atoms with Gasteiger partial charge in [0.15, 0.2) is 12.2 Å². The molecular weight excluding hydrogens is 378 g/mol. The van der Waals surface area contributed by atoms with Crippen molar-refractivity contribution in [1.29, 1.82) is 0 Å². The number of nitrogens with one attached hydrogen (secondary N) is 1. The number of fused-ring (bicyclic) bond motifs is 3. The molecule has 0 bridgehead atoms. The summed E-state index contributed by atoms with van der Waals surface area (Å²) in [6, 6.07) is 16.3. The molecule has 0 spiro atoms. The van der Waals surface area contributed by atoms with E-state index in [-0.39, 0.29) is 5.91 Å². The molecule has 3 aliphatic rings. The van der Waals surface area contributed by atoms with Crippen molar-refractivity contribution in [3.8, 4) is 0 Å². The number of nitrogens with zero attached hydrogens (tertiary/aromatic N) is 4. The standard InChI is InChI=1S/C20H16ClN5O2/c1-24-17-16(18(27)23-20(24)28)25-11-15(12-7-9-13(21)10-8-12)26(19(25)22-17)14-5-3-2-4-6-14/h2-11,16-17H,1H3,(H,23,27,28). The first-order valence-electron chi connectivity index (χ1n) is 8.81. The lowest BCUT2D eigenvalue weighted by Gasteiger charge is -2.34. The van der Waals surface area contributed by atoms with Crippen molar-refractivity contribution in [2.75, 3.05) is 11.9 Å². The average Bonchev–Trinajstić information content (AvgIpc) is 3.24. The van der Waals surface area contributed by atoms with Crippen LogP contribution in [-0.4, -0.2) is 47.0 Å².